The van der Waals surface area contributed by atoms with E-state index in [0.717, 1.165) is 48.8 Å². The lowest BCUT2D eigenvalue weighted by Crippen LogP contribution is -2.43. The molecule has 0 radical (unpaired) electrons. The number of fused-ring (bicyclic) bond motifs is 1. The van der Waals surface area contributed by atoms with Crippen molar-refractivity contribution in [3.63, 3.8) is 0 Å². The minimum Gasteiger partial charge on any atom is -0.324 e. The van der Waals surface area contributed by atoms with Crippen LogP contribution in [0.2, 0.25) is 0 Å². The number of benzene rings is 1. The average Bonchev–Trinajstić information content (AvgIpc) is 2.92. The molecule has 3 nitrogen and oxygen atoms in total. The van der Waals surface area contributed by atoms with Crippen molar-refractivity contribution >= 4 is 11.7 Å². The molecule has 2 fully saturated rings. The Morgan fingerprint density at radius 3 is 2.56 bits per heavy atom. The summed E-state index contributed by atoms with van der Waals surface area (Å²) in [6.45, 7) is 4.34. The Labute approximate surface area is 147 Å². The van der Waals surface area contributed by atoms with Crippen molar-refractivity contribution in [3.05, 3.63) is 46.8 Å². The van der Waals surface area contributed by atoms with E-state index in [1.807, 2.05) is 0 Å². The molecule has 25 heavy (non-hydrogen) atoms. The molecule has 0 N–H and O–H groups in total. The maximum absolute atomic E-state index is 14.2. The zero-order valence-electron chi connectivity index (χ0n) is 14.5. The predicted molar refractivity (Wildman–Crippen MR) is 93.9 cm³/mol. The Kier molecular flexibility index (Phi) is 4.22. The van der Waals surface area contributed by atoms with Crippen LogP contribution >= 0.6 is 0 Å². The van der Waals surface area contributed by atoms with Crippen LogP contribution in [0.5, 0.6) is 0 Å². The van der Waals surface area contributed by atoms with E-state index in [0.29, 0.717) is 30.9 Å². The molecule has 1 amide bonds. The van der Waals surface area contributed by atoms with Gasteiger partial charge in [0.1, 0.15) is 5.82 Å². The van der Waals surface area contributed by atoms with Crippen molar-refractivity contribution < 1.29 is 14.0 Å². The van der Waals surface area contributed by atoms with Crippen molar-refractivity contribution in [3.8, 4) is 0 Å². The Hall–Kier alpha value is -1.97. The molecule has 4 heteroatoms. The molecule has 1 atom stereocenters. The number of hydrogen-bond donors (Lipinski definition) is 0. The fraction of sp³-hybridized carbons (Fsp3) is 0.524. The van der Waals surface area contributed by atoms with Gasteiger partial charge in [-0.05, 0) is 54.9 Å². The molecule has 0 aromatic heterocycles. The Morgan fingerprint density at radius 1 is 1.08 bits per heavy atom. The van der Waals surface area contributed by atoms with Gasteiger partial charge in [0.15, 0.2) is 5.78 Å². The second-order valence-electron chi connectivity index (χ2n) is 7.74. The van der Waals surface area contributed by atoms with Gasteiger partial charge in [-0.25, -0.2) is 4.39 Å². The van der Waals surface area contributed by atoms with E-state index in [4.69, 9.17) is 0 Å². The number of allylic oxidation sites excluding steroid dienone is 1. The average molecular weight is 341 g/mol. The summed E-state index contributed by atoms with van der Waals surface area (Å²) in [7, 11) is 0. The van der Waals surface area contributed by atoms with E-state index in [-0.39, 0.29) is 23.5 Å². The third kappa shape index (κ3) is 2.92. The van der Waals surface area contributed by atoms with E-state index >= 15 is 0 Å². The van der Waals surface area contributed by atoms with Gasteiger partial charge in [-0.3, -0.25) is 9.59 Å². The predicted octanol–water partition coefficient (Wildman–Crippen LogP) is 4.51. The van der Waals surface area contributed by atoms with Crippen molar-refractivity contribution in [2.24, 2.45) is 0 Å². The van der Waals surface area contributed by atoms with Crippen LogP contribution in [0.4, 0.5) is 4.39 Å². The van der Waals surface area contributed by atoms with Gasteiger partial charge in [0.05, 0.1) is 6.04 Å². The molecule has 2 saturated carbocycles. The SMILES string of the molecule is C=C1CCC(N2Cc3c(cc(F)cc3C3CCCCC3)C2=O)C(=O)C1. The van der Waals surface area contributed by atoms with E-state index in [2.05, 4.69) is 6.58 Å². The molecule has 1 aliphatic heterocycles. The fourth-order valence-corrected chi connectivity index (χ4v) is 4.74. The number of amides is 1. The van der Waals surface area contributed by atoms with Gasteiger partial charge >= 0.3 is 0 Å². The smallest absolute Gasteiger partial charge is 0.255 e. The number of nitrogens with zero attached hydrogens (tertiary/aromatic N) is 1. The van der Waals surface area contributed by atoms with E-state index in [1.165, 1.54) is 12.5 Å². The number of ketones is 1. The maximum Gasteiger partial charge on any atom is 0.255 e. The van der Waals surface area contributed by atoms with Crippen LogP contribution in [-0.2, 0) is 11.3 Å². The highest BCUT2D eigenvalue weighted by molar-refractivity contribution is 6.02. The first-order valence-electron chi connectivity index (χ1n) is 9.37. The van der Waals surface area contributed by atoms with Gasteiger partial charge in [-0.2, -0.15) is 0 Å². The summed E-state index contributed by atoms with van der Waals surface area (Å²) in [6.07, 6.45) is 7.46. The largest absolute Gasteiger partial charge is 0.324 e. The van der Waals surface area contributed by atoms with Gasteiger partial charge in [0, 0.05) is 18.5 Å². The lowest BCUT2D eigenvalue weighted by molar-refractivity contribution is -0.124. The zero-order chi connectivity index (χ0) is 17.6. The summed E-state index contributed by atoms with van der Waals surface area (Å²) in [4.78, 5) is 27.0. The second kappa shape index (κ2) is 6.40. The first-order chi connectivity index (χ1) is 12.0. The summed E-state index contributed by atoms with van der Waals surface area (Å²) in [6, 6.07) is 2.60. The van der Waals surface area contributed by atoms with E-state index in [9.17, 15) is 14.0 Å². The summed E-state index contributed by atoms with van der Waals surface area (Å²) >= 11 is 0. The summed E-state index contributed by atoms with van der Waals surface area (Å²) in [5.41, 5.74) is 3.37. The summed E-state index contributed by atoms with van der Waals surface area (Å²) in [5, 5.41) is 0. The number of halogens is 1. The Morgan fingerprint density at radius 2 is 1.84 bits per heavy atom. The highest BCUT2D eigenvalue weighted by Crippen LogP contribution is 2.40. The first-order valence-corrected chi connectivity index (χ1v) is 9.37. The second-order valence-corrected chi connectivity index (χ2v) is 7.74. The van der Waals surface area contributed by atoms with Crippen LogP contribution in [0.1, 0.15) is 78.8 Å². The molecule has 0 bridgehead atoms. The number of carbonyl (C=O) groups excluding carboxylic acids is 2. The quantitative estimate of drug-likeness (QED) is 0.742. The number of carbonyl (C=O) groups is 2. The minimum absolute atomic E-state index is 0.0668. The molecular weight excluding hydrogens is 317 g/mol. The van der Waals surface area contributed by atoms with Gasteiger partial charge < -0.3 is 4.90 Å². The van der Waals surface area contributed by atoms with Crippen molar-refractivity contribution in [2.75, 3.05) is 0 Å². The molecule has 4 rings (SSSR count). The monoisotopic (exact) mass is 341 g/mol. The maximum atomic E-state index is 14.2. The molecule has 132 valence electrons. The van der Waals surface area contributed by atoms with Gasteiger partial charge in [-0.1, -0.05) is 31.4 Å². The number of Topliss-reactive ketones (excluding diaryl/α,β-unsaturated/α-hetero) is 1. The fourth-order valence-electron chi connectivity index (χ4n) is 4.74. The lowest BCUT2D eigenvalue weighted by Gasteiger charge is -2.30. The van der Waals surface area contributed by atoms with Crippen LogP contribution in [-0.4, -0.2) is 22.6 Å². The van der Waals surface area contributed by atoms with Crippen molar-refractivity contribution in [1.82, 2.24) is 4.90 Å². The van der Waals surface area contributed by atoms with Gasteiger partial charge in [-0.15, -0.1) is 0 Å². The van der Waals surface area contributed by atoms with Crippen LogP contribution in [0.25, 0.3) is 0 Å². The minimum atomic E-state index is -0.382. The van der Waals surface area contributed by atoms with Crippen LogP contribution in [0.3, 0.4) is 0 Å². The van der Waals surface area contributed by atoms with Crippen LogP contribution < -0.4 is 0 Å². The molecule has 1 aromatic carbocycles. The van der Waals surface area contributed by atoms with E-state index in [1.54, 1.807) is 11.0 Å². The van der Waals surface area contributed by atoms with Crippen molar-refractivity contribution in [1.29, 1.82) is 0 Å². The number of rotatable bonds is 2. The first kappa shape index (κ1) is 16.5. The standard InChI is InChI=1S/C21H24FNO2/c1-13-7-8-19(20(24)9-13)23-12-18-16(14-5-3-2-4-6-14)10-15(22)11-17(18)21(23)25/h10-11,14,19H,1-9,12H2. The molecule has 1 heterocycles. The van der Waals surface area contributed by atoms with Gasteiger partial charge in [0.25, 0.3) is 5.91 Å². The van der Waals surface area contributed by atoms with Crippen molar-refractivity contribution in [2.45, 2.75) is 69.9 Å². The summed E-state index contributed by atoms with van der Waals surface area (Å²) < 4.78 is 14.2. The van der Waals surface area contributed by atoms with E-state index < -0.39 is 0 Å². The Bertz CT molecular complexity index is 749. The molecule has 0 spiro atoms. The number of hydrogen-bond acceptors (Lipinski definition) is 2. The van der Waals surface area contributed by atoms with Crippen LogP contribution in [0.15, 0.2) is 24.3 Å². The highest BCUT2D eigenvalue weighted by Gasteiger charge is 2.39. The molecule has 2 aliphatic carbocycles. The summed E-state index contributed by atoms with van der Waals surface area (Å²) in [5.74, 6) is -0.111. The van der Waals surface area contributed by atoms with Crippen LogP contribution in [0, 0.1) is 5.82 Å². The van der Waals surface area contributed by atoms with Gasteiger partial charge in [0.2, 0.25) is 0 Å². The lowest BCUT2D eigenvalue weighted by atomic mass is 9.81. The third-order valence-electron chi connectivity index (χ3n) is 6.06. The molecular formula is C21H24FNO2. The normalized spacial score (nSPS) is 24.8. The zero-order valence-corrected chi connectivity index (χ0v) is 14.5. The molecule has 3 aliphatic rings. The molecule has 1 unspecified atom stereocenters. The Balaban J connectivity index is 1.66. The molecule has 0 saturated heterocycles. The topological polar surface area (TPSA) is 37.4 Å². The third-order valence-corrected chi connectivity index (χ3v) is 6.06. The highest BCUT2D eigenvalue weighted by atomic mass is 19.1. The molecule has 1 aromatic rings.